The van der Waals surface area contributed by atoms with Crippen molar-refractivity contribution < 1.29 is 50.7 Å². The third kappa shape index (κ3) is 4.96. The summed E-state index contributed by atoms with van der Waals surface area (Å²) in [6.07, 6.45) is 34.4. The average Bonchev–Trinajstić information content (AvgIpc) is 3.52. The van der Waals surface area contributed by atoms with Crippen molar-refractivity contribution in [2.24, 2.45) is 35.5 Å². The van der Waals surface area contributed by atoms with E-state index in [4.69, 9.17) is 0 Å². The van der Waals surface area contributed by atoms with Crippen LogP contribution in [0.3, 0.4) is 0 Å². The zero-order valence-electron chi connectivity index (χ0n) is 25.2. The molecule has 8 rings (SSSR count). The van der Waals surface area contributed by atoms with E-state index in [0.29, 0.717) is 46.6 Å². The molecule has 2 aromatic carbocycles. The van der Waals surface area contributed by atoms with Gasteiger partial charge in [0.05, 0.1) is 0 Å². The molecule has 0 bridgehead atoms. The first kappa shape index (κ1) is 33.1. The van der Waals surface area contributed by atoms with Gasteiger partial charge in [-0.25, -0.2) is 36.1 Å². The maximum atomic E-state index is 2.66. The SMILES string of the molecule is CC1=CC2C(C=C1)[C-]1C=CC=CC1C2[Si](c1ccccc1)(c1ccccc1)C1C2C=CC=C[C-]2C2C=CC(C)=CC21.[Cl-].[Cl-].[Hf+4]. The van der Waals surface area contributed by atoms with Gasteiger partial charge in [-0.3, -0.25) is 0 Å². The summed E-state index contributed by atoms with van der Waals surface area (Å²) in [4.78, 5) is 0. The molecule has 2 aromatic rings. The summed E-state index contributed by atoms with van der Waals surface area (Å²) in [7, 11) is -2.54. The Hall–Kier alpha value is -2.23. The summed E-state index contributed by atoms with van der Waals surface area (Å²) in [6, 6.07) is 23.7. The topological polar surface area (TPSA) is 0 Å². The molecule has 0 heterocycles. The number of hydrogen-bond acceptors (Lipinski definition) is 0. The van der Waals surface area contributed by atoms with Gasteiger partial charge in [-0.2, -0.15) is 0 Å². The molecule has 8 atom stereocenters. The van der Waals surface area contributed by atoms with Gasteiger partial charge in [0.1, 0.15) is 8.07 Å². The second kappa shape index (κ2) is 13.2. The van der Waals surface area contributed by atoms with Crippen molar-refractivity contribution in [2.45, 2.75) is 24.9 Å². The second-order valence-electron chi connectivity index (χ2n) is 12.9. The Kier molecular flexibility index (Phi) is 9.98. The molecule has 0 radical (unpaired) electrons. The van der Waals surface area contributed by atoms with Crippen LogP contribution >= 0.6 is 0 Å². The number of fused-ring (bicyclic) bond motifs is 6. The molecule has 8 unspecified atom stereocenters. The largest absolute Gasteiger partial charge is 4.00 e. The molecule has 220 valence electrons. The molecule has 0 aromatic heterocycles. The van der Waals surface area contributed by atoms with E-state index in [0.717, 1.165) is 0 Å². The minimum absolute atomic E-state index is 0. The Morgan fingerprint density at radius 2 is 0.932 bits per heavy atom. The second-order valence-corrected chi connectivity index (χ2v) is 17.2. The minimum Gasteiger partial charge on any atom is -1.00 e. The predicted octanol–water partition coefficient (Wildman–Crippen LogP) is 2.15. The van der Waals surface area contributed by atoms with Crippen LogP contribution in [0.4, 0.5) is 0 Å². The molecule has 0 N–H and O–H groups in total. The molecule has 0 saturated heterocycles. The Bertz CT molecular complexity index is 1460. The van der Waals surface area contributed by atoms with Crippen LogP contribution in [0, 0.1) is 47.3 Å². The average molecular weight is 796 g/mol. The van der Waals surface area contributed by atoms with Crippen molar-refractivity contribution in [3.8, 4) is 0 Å². The van der Waals surface area contributed by atoms with Gasteiger partial charge in [0, 0.05) is 0 Å². The van der Waals surface area contributed by atoms with Gasteiger partial charge >= 0.3 is 25.8 Å². The molecule has 0 nitrogen and oxygen atoms in total. The summed E-state index contributed by atoms with van der Waals surface area (Å²) in [5.74, 6) is 6.08. The zero-order valence-corrected chi connectivity index (χ0v) is 31.3. The minimum atomic E-state index is -2.54. The van der Waals surface area contributed by atoms with Crippen molar-refractivity contribution in [1.29, 1.82) is 0 Å². The fourth-order valence-corrected chi connectivity index (χ4v) is 17.1. The Morgan fingerprint density at radius 1 is 0.523 bits per heavy atom. The number of hydrogen-bond donors (Lipinski definition) is 0. The van der Waals surface area contributed by atoms with Crippen molar-refractivity contribution in [3.05, 3.63) is 169 Å². The summed E-state index contributed by atoms with van der Waals surface area (Å²) < 4.78 is 0. The fourth-order valence-electron chi connectivity index (χ4n) is 9.72. The summed E-state index contributed by atoms with van der Waals surface area (Å²) in [5.41, 5.74) is 3.89. The van der Waals surface area contributed by atoms with Gasteiger partial charge in [0.15, 0.2) is 0 Å². The zero-order chi connectivity index (χ0) is 27.6. The maximum absolute atomic E-state index is 2.66. The van der Waals surface area contributed by atoms with Crippen LogP contribution in [0.25, 0.3) is 0 Å². The smallest absolute Gasteiger partial charge is 1.00 e. The van der Waals surface area contributed by atoms with Crippen LogP contribution in [0.5, 0.6) is 0 Å². The molecule has 6 aliphatic carbocycles. The van der Waals surface area contributed by atoms with E-state index >= 15 is 0 Å². The van der Waals surface area contributed by atoms with E-state index in [-0.39, 0.29) is 50.7 Å². The molecule has 2 fully saturated rings. The predicted molar refractivity (Wildman–Crippen MR) is 175 cm³/mol. The van der Waals surface area contributed by atoms with E-state index in [2.05, 4.69) is 160 Å². The van der Waals surface area contributed by atoms with Crippen LogP contribution < -0.4 is 35.2 Å². The van der Waals surface area contributed by atoms with E-state index in [1.807, 2.05) is 0 Å². The molecule has 0 aliphatic heterocycles. The molecule has 6 aliphatic rings. The van der Waals surface area contributed by atoms with E-state index in [1.165, 1.54) is 11.1 Å². The van der Waals surface area contributed by atoms with Gasteiger partial charge in [-0.15, -0.1) is 24.3 Å². The molecular formula is C40H38Cl2HfSi. The van der Waals surface area contributed by atoms with Crippen LogP contribution in [0.15, 0.2) is 157 Å². The number of benzene rings is 2. The van der Waals surface area contributed by atoms with Crippen molar-refractivity contribution >= 4 is 18.4 Å². The van der Waals surface area contributed by atoms with Gasteiger partial charge in [-0.1, -0.05) is 142 Å². The molecule has 2 saturated carbocycles. The van der Waals surface area contributed by atoms with Crippen LogP contribution in [0.2, 0.25) is 11.1 Å². The summed E-state index contributed by atoms with van der Waals surface area (Å²) in [5, 5.41) is 3.21. The Morgan fingerprint density at radius 3 is 1.34 bits per heavy atom. The summed E-state index contributed by atoms with van der Waals surface area (Å²) >= 11 is 0. The normalized spacial score (nSPS) is 31.9. The van der Waals surface area contributed by atoms with Crippen molar-refractivity contribution in [2.75, 3.05) is 0 Å². The van der Waals surface area contributed by atoms with Crippen LogP contribution in [-0.2, 0) is 25.8 Å². The number of rotatable bonds is 4. The van der Waals surface area contributed by atoms with E-state index in [1.54, 1.807) is 22.2 Å². The Balaban J connectivity index is 0.00000128. The van der Waals surface area contributed by atoms with Gasteiger partial charge < -0.3 is 24.8 Å². The fraction of sp³-hybridized carbons (Fsp3) is 0.250. The first-order valence-corrected chi connectivity index (χ1v) is 17.6. The summed E-state index contributed by atoms with van der Waals surface area (Å²) in [6.45, 7) is 4.61. The Labute approximate surface area is 296 Å². The van der Waals surface area contributed by atoms with Crippen LogP contribution in [0.1, 0.15) is 13.8 Å². The van der Waals surface area contributed by atoms with E-state index < -0.39 is 8.07 Å². The van der Waals surface area contributed by atoms with Crippen molar-refractivity contribution in [1.82, 2.24) is 0 Å². The monoisotopic (exact) mass is 796 g/mol. The van der Waals surface area contributed by atoms with Crippen molar-refractivity contribution in [3.63, 3.8) is 0 Å². The third-order valence-corrected chi connectivity index (χ3v) is 17.2. The first-order valence-electron chi connectivity index (χ1n) is 15.5. The standard InChI is InChI=1S/C40H38Si.2ClH.Hf/c1-27-21-23-33-31-17-9-11-19-35(31)39(37(33)25-27)41(29-13-5-3-6-14-29,30-15-7-4-8-16-30)40-36-20-12-10-18-32(36)34-24-22-28(2)26-38(34)40;;;/h3-26,33-40H,1-2H3;2*1H;/q-2;;;+4/p-2. The van der Waals surface area contributed by atoms with Gasteiger partial charge in [-0.05, 0) is 36.8 Å². The number of halogens is 2. The quantitative estimate of drug-likeness (QED) is 0.329. The van der Waals surface area contributed by atoms with Crippen LogP contribution in [-0.4, -0.2) is 8.07 Å². The molecule has 0 amide bonds. The first-order chi connectivity index (χ1) is 20.2. The maximum Gasteiger partial charge on any atom is 4.00 e. The number of allylic oxidation sites excluding steroid dienone is 16. The molecular weight excluding hydrogens is 758 g/mol. The molecule has 0 spiro atoms. The molecule has 44 heavy (non-hydrogen) atoms. The molecule has 4 heteroatoms. The van der Waals surface area contributed by atoms with Gasteiger partial charge in [0.2, 0.25) is 0 Å². The van der Waals surface area contributed by atoms with E-state index in [9.17, 15) is 0 Å². The van der Waals surface area contributed by atoms with Gasteiger partial charge in [0.25, 0.3) is 0 Å². The third-order valence-electron chi connectivity index (χ3n) is 11.0.